The standard InChI is InChI=1S/C10H18ClNO2/c1-10(2,14-9(13)7-11)8-3-5-12-6-4-8/h8,12H,3-7H2,1-2H3/p+1. The molecule has 1 rings (SSSR count). The van der Waals surface area contributed by atoms with Gasteiger partial charge in [0.05, 0.1) is 13.1 Å². The summed E-state index contributed by atoms with van der Waals surface area (Å²) in [6.45, 7) is 6.22. The van der Waals surface area contributed by atoms with Gasteiger partial charge in [-0.05, 0) is 13.8 Å². The van der Waals surface area contributed by atoms with Crippen LogP contribution in [-0.4, -0.2) is 30.5 Å². The molecule has 2 N–H and O–H groups in total. The molecule has 0 aromatic rings. The van der Waals surface area contributed by atoms with Crippen molar-refractivity contribution >= 4 is 17.6 Å². The van der Waals surface area contributed by atoms with E-state index in [1.165, 1.54) is 0 Å². The fourth-order valence-electron chi connectivity index (χ4n) is 2.03. The van der Waals surface area contributed by atoms with Crippen molar-refractivity contribution in [2.75, 3.05) is 19.0 Å². The highest BCUT2D eigenvalue weighted by molar-refractivity contribution is 6.26. The minimum atomic E-state index is -0.361. The zero-order valence-electron chi connectivity index (χ0n) is 8.88. The number of carbonyl (C=O) groups excluding carboxylic acids is 1. The summed E-state index contributed by atoms with van der Waals surface area (Å²) in [5, 5.41) is 2.30. The molecule has 0 aromatic heterocycles. The molecule has 4 heteroatoms. The molecule has 1 fully saturated rings. The molecule has 1 aliphatic heterocycles. The topological polar surface area (TPSA) is 42.9 Å². The third-order valence-electron chi connectivity index (χ3n) is 2.91. The molecule has 3 nitrogen and oxygen atoms in total. The highest BCUT2D eigenvalue weighted by Gasteiger charge is 2.34. The van der Waals surface area contributed by atoms with Crippen molar-refractivity contribution in [2.45, 2.75) is 32.3 Å². The fraction of sp³-hybridized carbons (Fsp3) is 0.900. The van der Waals surface area contributed by atoms with Crippen LogP contribution < -0.4 is 5.32 Å². The molecule has 82 valence electrons. The number of halogens is 1. The number of quaternary nitrogens is 1. The van der Waals surface area contributed by atoms with Gasteiger partial charge in [0, 0.05) is 18.8 Å². The molecular weight excluding hydrogens is 202 g/mol. The van der Waals surface area contributed by atoms with Crippen molar-refractivity contribution in [3.63, 3.8) is 0 Å². The summed E-state index contributed by atoms with van der Waals surface area (Å²) in [7, 11) is 0. The minimum Gasteiger partial charge on any atom is -0.458 e. The molecule has 0 amide bonds. The fourth-order valence-corrected chi connectivity index (χ4v) is 2.08. The van der Waals surface area contributed by atoms with E-state index >= 15 is 0 Å². The molecule has 1 heterocycles. The van der Waals surface area contributed by atoms with Crippen molar-refractivity contribution in [3.8, 4) is 0 Å². The van der Waals surface area contributed by atoms with E-state index in [0.717, 1.165) is 25.9 Å². The normalized spacial score (nSPS) is 19.4. The summed E-state index contributed by atoms with van der Waals surface area (Å²) in [5.41, 5.74) is -0.361. The van der Waals surface area contributed by atoms with Gasteiger partial charge in [-0.25, -0.2) is 0 Å². The average molecular weight is 221 g/mol. The van der Waals surface area contributed by atoms with Gasteiger partial charge in [0.25, 0.3) is 0 Å². The van der Waals surface area contributed by atoms with Crippen LogP contribution in [0.4, 0.5) is 0 Å². The van der Waals surface area contributed by atoms with Gasteiger partial charge in [0.2, 0.25) is 0 Å². The second kappa shape index (κ2) is 4.99. The molecule has 0 radical (unpaired) electrons. The maximum atomic E-state index is 11.1. The maximum absolute atomic E-state index is 11.1. The van der Waals surface area contributed by atoms with Gasteiger partial charge in [-0.15, -0.1) is 11.6 Å². The Hall–Kier alpha value is -0.280. The quantitative estimate of drug-likeness (QED) is 0.557. The number of alkyl halides is 1. The number of piperidine rings is 1. The molecule has 0 unspecified atom stereocenters. The zero-order chi connectivity index (χ0) is 10.6. The van der Waals surface area contributed by atoms with E-state index in [1.807, 2.05) is 13.8 Å². The summed E-state index contributed by atoms with van der Waals surface area (Å²) < 4.78 is 5.34. The first-order valence-electron chi connectivity index (χ1n) is 5.15. The lowest BCUT2D eigenvalue weighted by molar-refractivity contribution is -0.665. The molecule has 0 saturated carbocycles. The first-order chi connectivity index (χ1) is 6.56. The maximum Gasteiger partial charge on any atom is 0.321 e. The number of esters is 1. The average Bonchev–Trinajstić information content (AvgIpc) is 2.18. The van der Waals surface area contributed by atoms with Crippen molar-refractivity contribution < 1.29 is 14.8 Å². The van der Waals surface area contributed by atoms with E-state index in [2.05, 4.69) is 5.32 Å². The van der Waals surface area contributed by atoms with Crippen molar-refractivity contribution in [1.82, 2.24) is 0 Å². The van der Waals surface area contributed by atoms with Crippen LogP contribution in [0.25, 0.3) is 0 Å². The summed E-state index contributed by atoms with van der Waals surface area (Å²) in [4.78, 5) is 11.1. The molecule has 0 spiro atoms. The number of ether oxygens (including phenoxy) is 1. The largest absolute Gasteiger partial charge is 0.458 e. The molecule has 1 saturated heterocycles. The van der Waals surface area contributed by atoms with Crippen LogP contribution in [0.1, 0.15) is 26.7 Å². The molecule has 14 heavy (non-hydrogen) atoms. The van der Waals surface area contributed by atoms with Crippen LogP contribution in [0, 0.1) is 5.92 Å². The van der Waals surface area contributed by atoms with Gasteiger partial charge in [-0.1, -0.05) is 0 Å². The smallest absolute Gasteiger partial charge is 0.321 e. The second-order valence-corrected chi connectivity index (χ2v) is 4.62. The van der Waals surface area contributed by atoms with Crippen LogP contribution in [-0.2, 0) is 9.53 Å². The summed E-state index contributed by atoms with van der Waals surface area (Å²) in [6, 6.07) is 0. The van der Waals surface area contributed by atoms with E-state index in [0.29, 0.717) is 5.92 Å². The first kappa shape index (κ1) is 11.8. The highest BCUT2D eigenvalue weighted by atomic mass is 35.5. The van der Waals surface area contributed by atoms with E-state index in [9.17, 15) is 4.79 Å². The molecule has 0 aromatic carbocycles. The van der Waals surface area contributed by atoms with Crippen LogP contribution in [0.2, 0.25) is 0 Å². The zero-order valence-corrected chi connectivity index (χ0v) is 9.64. The Morgan fingerprint density at radius 3 is 2.57 bits per heavy atom. The highest BCUT2D eigenvalue weighted by Crippen LogP contribution is 2.27. The summed E-state index contributed by atoms with van der Waals surface area (Å²) in [5.74, 6) is 0.105. The molecular formula is C10H19ClNO2+. The van der Waals surface area contributed by atoms with Gasteiger partial charge in [0.15, 0.2) is 0 Å². The Balaban J connectivity index is 2.49. The number of hydrogen-bond acceptors (Lipinski definition) is 2. The summed E-state index contributed by atoms with van der Waals surface area (Å²) in [6.07, 6.45) is 2.23. The van der Waals surface area contributed by atoms with Crippen LogP contribution in [0.15, 0.2) is 0 Å². The van der Waals surface area contributed by atoms with Crippen molar-refractivity contribution in [2.24, 2.45) is 5.92 Å². The third kappa shape index (κ3) is 3.14. The van der Waals surface area contributed by atoms with Gasteiger partial charge < -0.3 is 10.1 Å². The SMILES string of the molecule is CC(C)(OC(=O)CCl)C1CC[NH2+]CC1. The lowest BCUT2D eigenvalue weighted by Crippen LogP contribution is -2.86. The molecule has 0 atom stereocenters. The van der Waals surface area contributed by atoms with Gasteiger partial charge >= 0.3 is 5.97 Å². The Kier molecular flexibility index (Phi) is 4.20. The Morgan fingerprint density at radius 1 is 1.50 bits per heavy atom. The third-order valence-corrected chi connectivity index (χ3v) is 3.13. The Bertz CT molecular complexity index is 200. The van der Waals surface area contributed by atoms with Gasteiger partial charge in [0.1, 0.15) is 11.5 Å². The molecule has 0 bridgehead atoms. The predicted molar refractivity (Wildman–Crippen MR) is 55.3 cm³/mol. The molecule has 1 aliphatic rings. The Morgan fingerprint density at radius 2 is 2.07 bits per heavy atom. The van der Waals surface area contributed by atoms with Crippen molar-refractivity contribution in [3.05, 3.63) is 0 Å². The van der Waals surface area contributed by atoms with Crippen LogP contribution in [0.3, 0.4) is 0 Å². The number of hydrogen-bond donors (Lipinski definition) is 1. The van der Waals surface area contributed by atoms with Gasteiger partial charge in [-0.3, -0.25) is 4.79 Å². The number of rotatable bonds is 3. The predicted octanol–water partition coefficient (Wildman–Crippen LogP) is 0.520. The number of carbonyl (C=O) groups is 1. The first-order valence-corrected chi connectivity index (χ1v) is 5.69. The van der Waals surface area contributed by atoms with Crippen LogP contribution in [0.5, 0.6) is 0 Å². The lowest BCUT2D eigenvalue weighted by Gasteiger charge is -2.35. The Labute approximate surface area is 90.1 Å². The second-order valence-electron chi connectivity index (χ2n) is 4.35. The van der Waals surface area contributed by atoms with Crippen LogP contribution >= 0.6 is 11.6 Å². The lowest BCUT2D eigenvalue weighted by atomic mass is 9.83. The molecule has 0 aliphatic carbocycles. The van der Waals surface area contributed by atoms with E-state index < -0.39 is 0 Å². The van der Waals surface area contributed by atoms with Gasteiger partial charge in [-0.2, -0.15) is 0 Å². The summed E-state index contributed by atoms with van der Waals surface area (Å²) >= 11 is 5.42. The monoisotopic (exact) mass is 220 g/mol. The van der Waals surface area contributed by atoms with E-state index in [-0.39, 0.29) is 17.5 Å². The number of nitrogens with two attached hydrogens (primary N) is 1. The minimum absolute atomic E-state index is 0.0533. The van der Waals surface area contributed by atoms with Crippen molar-refractivity contribution in [1.29, 1.82) is 0 Å². The van der Waals surface area contributed by atoms with E-state index in [1.54, 1.807) is 0 Å². The van der Waals surface area contributed by atoms with E-state index in [4.69, 9.17) is 16.3 Å².